The molecule has 0 bridgehead atoms. The number of piperidine rings is 1. The maximum atomic E-state index is 12.1. The lowest BCUT2D eigenvalue weighted by molar-refractivity contribution is -0.133. The molecule has 0 aliphatic carbocycles. The van der Waals surface area contributed by atoms with Crippen LogP contribution in [0.5, 0.6) is 0 Å². The van der Waals surface area contributed by atoms with Crippen LogP contribution >= 0.6 is 0 Å². The smallest absolute Gasteiger partial charge is 0.243 e. The Hall–Kier alpha value is -1.11. The van der Waals surface area contributed by atoms with E-state index in [-0.39, 0.29) is 0 Å². The molecule has 7 heteroatoms. The molecule has 1 aliphatic heterocycles. The van der Waals surface area contributed by atoms with Gasteiger partial charge < -0.3 is 10.1 Å². The number of sulfone groups is 1. The first-order valence-electron chi connectivity index (χ1n) is 5.39. The third-order valence-corrected chi connectivity index (χ3v) is 5.24. The summed E-state index contributed by atoms with van der Waals surface area (Å²) in [6, 6.07) is 0. The van der Waals surface area contributed by atoms with Gasteiger partial charge in [0.2, 0.25) is 5.91 Å². The van der Waals surface area contributed by atoms with Crippen molar-refractivity contribution in [3.05, 3.63) is 0 Å². The maximum absolute atomic E-state index is 12.1. The third-order valence-electron chi connectivity index (χ3n) is 3.21. The molecule has 1 aliphatic rings. The van der Waals surface area contributed by atoms with Crippen molar-refractivity contribution in [1.82, 2.24) is 4.90 Å². The predicted octanol–water partition coefficient (Wildman–Crippen LogP) is 0.262. The minimum Gasteiger partial charge on any atom is -0.411 e. The zero-order valence-electron chi connectivity index (χ0n) is 10.3. The Morgan fingerprint density at radius 1 is 1.35 bits per heavy atom. The van der Waals surface area contributed by atoms with E-state index in [4.69, 9.17) is 5.21 Å². The van der Waals surface area contributed by atoms with Crippen molar-refractivity contribution in [3.8, 4) is 0 Å². The first kappa shape index (κ1) is 14.0. The lowest BCUT2D eigenvalue weighted by Crippen LogP contribution is -2.52. The molecule has 6 nitrogen and oxygen atoms in total. The van der Waals surface area contributed by atoms with E-state index in [2.05, 4.69) is 5.16 Å². The Labute approximate surface area is 101 Å². The molecular formula is C10H18N2O4S. The average Bonchev–Trinajstić information content (AvgIpc) is 2.26. The number of nitrogens with zero attached hydrogens (tertiary/aromatic N) is 2. The van der Waals surface area contributed by atoms with Gasteiger partial charge in [-0.25, -0.2) is 8.42 Å². The molecule has 0 spiro atoms. The Morgan fingerprint density at radius 3 is 2.18 bits per heavy atom. The Bertz CT molecular complexity index is 429. The number of oxime groups is 1. The zero-order chi connectivity index (χ0) is 13.3. The Morgan fingerprint density at radius 2 is 1.82 bits per heavy atom. The van der Waals surface area contributed by atoms with Crippen LogP contribution < -0.4 is 0 Å². The number of amides is 1. The molecule has 1 heterocycles. The van der Waals surface area contributed by atoms with E-state index in [1.54, 1.807) is 0 Å². The molecule has 0 saturated carbocycles. The van der Waals surface area contributed by atoms with Crippen LogP contribution in [0.1, 0.15) is 26.7 Å². The van der Waals surface area contributed by atoms with Crippen molar-refractivity contribution >= 4 is 21.5 Å². The zero-order valence-corrected chi connectivity index (χ0v) is 11.1. The maximum Gasteiger partial charge on any atom is 0.243 e. The minimum atomic E-state index is -3.44. The molecule has 0 atom stereocenters. The van der Waals surface area contributed by atoms with Gasteiger partial charge in [0.25, 0.3) is 0 Å². The summed E-state index contributed by atoms with van der Waals surface area (Å²) in [5, 5.41) is 11.7. The molecule has 0 aromatic heterocycles. The van der Waals surface area contributed by atoms with E-state index >= 15 is 0 Å². The summed E-state index contributed by atoms with van der Waals surface area (Å²) in [7, 11) is -3.44. The molecule has 1 fully saturated rings. The molecule has 1 amide bonds. The summed E-state index contributed by atoms with van der Waals surface area (Å²) >= 11 is 0. The van der Waals surface area contributed by atoms with E-state index in [1.165, 1.54) is 18.7 Å². The van der Waals surface area contributed by atoms with Crippen molar-refractivity contribution in [3.63, 3.8) is 0 Å². The topological polar surface area (TPSA) is 87.0 Å². The molecule has 98 valence electrons. The second-order valence-corrected chi connectivity index (χ2v) is 7.31. The van der Waals surface area contributed by atoms with Gasteiger partial charge in [0.15, 0.2) is 9.84 Å². The van der Waals surface area contributed by atoms with Crippen LogP contribution in [0.15, 0.2) is 5.16 Å². The van der Waals surface area contributed by atoms with Gasteiger partial charge >= 0.3 is 0 Å². The molecule has 1 N–H and O–H groups in total. The van der Waals surface area contributed by atoms with Gasteiger partial charge in [0, 0.05) is 32.2 Å². The summed E-state index contributed by atoms with van der Waals surface area (Å²) in [4.78, 5) is 13.6. The highest BCUT2D eigenvalue weighted by molar-refractivity contribution is 7.92. The quantitative estimate of drug-likeness (QED) is 0.571. The second-order valence-electron chi connectivity index (χ2n) is 4.74. The van der Waals surface area contributed by atoms with E-state index < -0.39 is 20.5 Å². The summed E-state index contributed by atoms with van der Waals surface area (Å²) in [6.07, 6.45) is 2.04. The number of likely N-dealkylation sites (tertiary alicyclic amines) is 1. The highest BCUT2D eigenvalue weighted by atomic mass is 32.2. The molecule has 0 aromatic rings. The van der Waals surface area contributed by atoms with Crippen LogP contribution in [0.2, 0.25) is 0 Å². The summed E-state index contributed by atoms with van der Waals surface area (Å²) in [6.45, 7) is 3.63. The molecule has 0 unspecified atom stereocenters. The number of rotatable bonds is 2. The SMILES string of the molecule is CC(C)(C(=O)N1CCC(=NO)CC1)S(C)(=O)=O. The van der Waals surface area contributed by atoms with Gasteiger partial charge in [-0.3, -0.25) is 4.79 Å². The van der Waals surface area contributed by atoms with Crippen molar-refractivity contribution < 1.29 is 18.4 Å². The largest absolute Gasteiger partial charge is 0.411 e. The van der Waals surface area contributed by atoms with E-state index in [0.29, 0.717) is 31.6 Å². The molecule has 0 aromatic carbocycles. The fourth-order valence-electron chi connectivity index (χ4n) is 1.61. The summed E-state index contributed by atoms with van der Waals surface area (Å²) in [5.74, 6) is -0.392. The van der Waals surface area contributed by atoms with E-state index in [0.717, 1.165) is 6.26 Å². The lowest BCUT2D eigenvalue weighted by Gasteiger charge is -2.33. The summed E-state index contributed by atoms with van der Waals surface area (Å²) < 4.78 is 21.7. The van der Waals surface area contributed by atoms with Gasteiger partial charge in [-0.05, 0) is 13.8 Å². The summed E-state index contributed by atoms with van der Waals surface area (Å²) in [5.41, 5.74) is 0.645. The van der Waals surface area contributed by atoms with Crippen molar-refractivity contribution in [2.45, 2.75) is 31.4 Å². The lowest BCUT2D eigenvalue weighted by atomic mass is 10.1. The molecule has 1 saturated heterocycles. The van der Waals surface area contributed by atoms with Gasteiger partial charge in [-0.15, -0.1) is 0 Å². The molecular weight excluding hydrogens is 244 g/mol. The van der Waals surface area contributed by atoms with Crippen LogP contribution in [0, 0.1) is 0 Å². The van der Waals surface area contributed by atoms with Crippen LogP contribution in [-0.4, -0.2) is 54.2 Å². The number of carbonyl (C=O) groups excluding carboxylic acids is 1. The van der Waals surface area contributed by atoms with E-state index in [1.807, 2.05) is 0 Å². The van der Waals surface area contributed by atoms with Crippen molar-refractivity contribution in [2.24, 2.45) is 5.16 Å². The van der Waals surface area contributed by atoms with Crippen LogP contribution in [0.25, 0.3) is 0 Å². The number of hydrogen-bond acceptors (Lipinski definition) is 5. The predicted molar refractivity (Wildman–Crippen MR) is 64.0 cm³/mol. The van der Waals surface area contributed by atoms with Gasteiger partial charge in [-0.1, -0.05) is 5.16 Å². The number of hydrogen-bond donors (Lipinski definition) is 1. The Kier molecular flexibility index (Phi) is 3.81. The first-order chi connectivity index (χ1) is 7.70. The molecule has 1 rings (SSSR count). The fraction of sp³-hybridized carbons (Fsp3) is 0.800. The minimum absolute atomic E-state index is 0.392. The molecule has 0 radical (unpaired) electrons. The Balaban J connectivity index is 2.80. The van der Waals surface area contributed by atoms with Crippen molar-refractivity contribution in [2.75, 3.05) is 19.3 Å². The normalized spacial score (nSPS) is 18.1. The highest BCUT2D eigenvalue weighted by Crippen LogP contribution is 2.20. The van der Waals surface area contributed by atoms with E-state index in [9.17, 15) is 13.2 Å². The van der Waals surface area contributed by atoms with Gasteiger partial charge in [0.05, 0.1) is 5.71 Å². The van der Waals surface area contributed by atoms with Gasteiger partial charge in [0.1, 0.15) is 4.75 Å². The third kappa shape index (κ3) is 2.77. The van der Waals surface area contributed by atoms with Crippen LogP contribution in [-0.2, 0) is 14.6 Å². The van der Waals surface area contributed by atoms with Gasteiger partial charge in [-0.2, -0.15) is 0 Å². The second kappa shape index (κ2) is 4.64. The van der Waals surface area contributed by atoms with Crippen molar-refractivity contribution in [1.29, 1.82) is 0 Å². The molecule has 17 heavy (non-hydrogen) atoms. The monoisotopic (exact) mass is 262 g/mol. The fourth-order valence-corrected chi connectivity index (χ4v) is 2.05. The first-order valence-corrected chi connectivity index (χ1v) is 7.28. The van der Waals surface area contributed by atoms with Crippen LogP contribution in [0.3, 0.4) is 0 Å². The number of carbonyl (C=O) groups is 1. The highest BCUT2D eigenvalue weighted by Gasteiger charge is 2.41. The van der Waals surface area contributed by atoms with Crippen LogP contribution in [0.4, 0.5) is 0 Å². The average molecular weight is 262 g/mol. The standard InChI is InChI=1S/C10H18N2O4S/c1-10(2,17(3,15)16)9(13)12-6-4-8(11-14)5-7-12/h14H,4-7H2,1-3H3.